The number of aliphatic carboxylic acids is 1. The third-order valence-electron chi connectivity index (χ3n) is 3.66. The van der Waals surface area contributed by atoms with Crippen molar-refractivity contribution in [2.45, 2.75) is 64.7 Å². The highest BCUT2D eigenvalue weighted by Crippen LogP contribution is 2.32. The van der Waals surface area contributed by atoms with Crippen LogP contribution in [0.5, 0.6) is 0 Å². The van der Waals surface area contributed by atoms with Crippen molar-refractivity contribution in [3.8, 4) is 0 Å². The van der Waals surface area contributed by atoms with Crippen LogP contribution in [0.4, 0.5) is 0 Å². The molecule has 0 spiro atoms. The van der Waals surface area contributed by atoms with Gasteiger partial charge in [-0.15, -0.1) is 12.4 Å². The van der Waals surface area contributed by atoms with Crippen LogP contribution in [-0.4, -0.2) is 11.1 Å². The van der Waals surface area contributed by atoms with Crippen molar-refractivity contribution < 1.29 is 9.90 Å². The van der Waals surface area contributed by atoms with E-state index >= 15 is 0 Å². The van der Waals surface area contributed by atoms with Gasteiger partial charge in [0.05, 0.1) is 5.92 Å². The first-order valence-corrected chi connectivity index (χ1v) is 6.46. The number of halogens is 1. The molecule has 0 amide bonds. The van der Waals surface area contributed by atoms with Crippen molar-refractivity contribution in [3.63, 3.8) is 0 Å². The fourth-order valence-corrected chi connectivity index (χ4v) is 2.56. The van der Waals surface area contributed by atoms with E-state index in [1.807, 2.05) is 0 Å². The molecule has 1 N–H and O–H groups in total. The lowest BCUT2D eigenvalue weighted by molar-refractivity contribution is -0.143. The van der Waals surface area contributed by atoms with Crippen LogP contribution < -0.4 is 0 Å². The van der Waals surface area contributed by atoms with Gasteiger partial charge in [-0.2, -0.15) is 0 Å². The zero-order valence-electron chi connectivity index (χ0n) is 10.3. The van der Waals surface area contributed by atoms with Gasteiger partial charge in [0.1, 0.15) is 0 Å². The molecule has 1 aliphatic carbocycles. The molecule has 1 fully saturated rings. The van der Waals surface area contributed by atoms with Crippen LogP contribution in [-0.2, 0) is 4.79 Å². The zero-order valence-corrected chi connectivity index (χ0v) is 11.1. The normalized spacial score (nSPS) is 24.8. The first-order chi connectivity index (χ1) is 7.24. The SMILES string of the molecule is CCCCCC[C@H]1CC[C@@H](C(=O)O)CC1.Cl. The van der Waals surface area contributed by atoms with Crippen molar-refractivity contribution in [1.82, 2.24) is 0 Å². The predicted molar refractivity (Wildman–Crippen MR) is 69.1 cm³/mol. The Hall–Kier alpha value is -0.240. The molecule has 0 heterocycles. The molecule has 0 atom stereocenters. The summed E-state index contributed by atoms with van der Waals surface area (Å²) < 4.78 is 0. The lowest BCUT2D eigenvalue weighted by Crippen LogP contribution is -2.21. The van der Waals surface area contributed by atoms with Crippen LogP contribution in [0.3, 0.4) is 0 Å². The Kier molecular flexibility index (Phi) is 8.73. The van der Waals surface area contributed by atoms with Crippen LogP contribution in [0.25, 0.3) is 0 Å². The van der Waals surface area contributed by atoms with Gasteiger partial charge in [0, 0.05) is 0 Å². The Labute approximate surface area is 105 Å². The minimum absolute atomic E-state index is 0. The second kappa shape index (κ2) is 8.86. The van der Waals surface area contributed by atoms with Gasteiger partial charge in [-0.1, -0.05) is 39.0 Å². The van der Waals surface area contributed by atoms with Crippen molar-refractivity contribution in [3.05, 3.63) is 0 Å². The zero-order chi connectivity index (χ0) is 11.1. The maximum Gasteiger partial charge on any atom is 0.306 e. The van der Waals surface area contributed by atoms with E-state index in [-0.39, 0.29) is 18.3 Å². The molecule has 1 rings (SSSR count). The Morgan fingerprint density at radius 3 is 2.25 bits per heavy atom. The highest BCUT2D eigenvalue weighted by Gasteiger charge is 2.25. The predicted octanol–water partition coefficient (Wildman–Crippen LogP) is 4.27. The molecule has 0 bridgehead atoms. The highest BCUT2D eigenvalue weighted by molar-refractivity contribution is 5.85. The Balaban J connectivity index is 0.00000225. The summed E-state index contributed by atoms with van der Waals surface area (Å²) >= 11 is 0. The summed E-state index contributed by atoms with van der Waals surface area (Å²) in [4.78, 5) is 10.8. The quantitative estimate of drug-likeness (QED) is 0.713. The summed E-state index contributed by atoms with van der Waals surface area (Å²) in [6.45, 7) is 2.23. The molecular weight excluding hydrogens is 224 g/mol. The molecule has 3 heteroatoms. The van der Waals surface area contributed by atoms with E-state index in [1.165, 1.54) is 32.1 Å². The Bertz CT molecular complexity index is 186. The van der Waals surface area contributed by atoms with Crippen LogP contribution in [0, 0.1) is 11.8 Å². The van der Waals surface area contributed by atoms with Gasteiger partial charge in [-0.05, 0) is 31.6 Å². The number of hydrogen-bond donors (Lipinski definition) is 1. The van der Waals surface area contributed by atoms with Gasteiger partial charge in [-0.3, -0.25) is 4.79 Å². The molecule has 0 radical (unpaired) electrons. The molecule has 0 aromatic rings. The molecule has 0 aromatic carbocycles. The Morgan fingerprint density at radius 1 is 1.12 bits per heavy atom. The van der Waals surface area contributed by atoms with E-state index in [2.05, 4.69) is 6.92 Å². The van der Waals surface area contributed by atoms with E-state index in [9.17, 15) is 4.79 Å². The monoisotopic (exact) mass is 248 g/mol. The Morgan fingerprint density at radius 2 is 1.75 bits per heavy atom. The van der Waals surface area contributed by atoms with Gasteiger partial charge in [0.15, 0.2) is 0 Å². The molecule has 96 valence electrons. The lowest BCUT2D eigenvalue weighted by atomic mass is 9.80. The summed E-state index contributed by atoms with van der Waals surface area (Å²) in [5.74, 6) is 0.189. The van der Waals surface area contributed by atoms with Crippen LogP contribution in [0.15, 0.2) is 0 Å². The summed E-state index contributed by atoms with van der Waals surface area (Å²) in [6.07, 6.45) is 10.8. The number of rotatable bonds is 6. The lowest BCUT2D eigenvalue weighted by Gasteiger charge is -2.25. The van der Waals surface area contributed by atoms with Gasteiger partial charge in [0.25, 0.3) is 0 Å². The average Bonchev–Trinajstić information content (AvgIpc) is 2.25. The third-order valence-corrected chi connectivity index (χ3v) is 3.66. The second-order valence-corrected chi connectivity index (χ2v) is 4.91. The number of unbranched alkanes of at least 4 members (excludes halogenated alkanes) is 3. The van der Waals surface area contributed by atoms with Crippen LogP contribution in [0.2, 0.25) is 0 Å². The molecule has 1 aliphatic rings. The molecule has 0 aliphatic heterocycles. The maximum atomic E-state index is 10.8. The fraction of sp³-hybridized carbons (Fsp3) is 0.923. The highest BCUT2D eigenvalue weighted by atomic mass is 35.5. The minimum atomic E-state index is -0.584. The molecule has 0 saturated heterocycles. The molecule has 2 nitrogen and oxygen atoms in total. The van der Waals surface area contributed by atoms with Crippen LogP contribution >= 0.6 is 12.4 Å². The average molecular weight is 249 g/mol. The van der Waals surface area contributed by atoms with Gasteiger partial charge < -0.3 is 5.11 Å². The number of carbonyl (C=O) groups is 1. The molecule has 0 aromatic heterocycles. The van der Waals surface area contributed by atoms with E-state index in [4.69, 9.17) is 5.11 Å². The number of carboxylic acids is 1. The minimum Gasteiger partial charge on any atom is -0.481 e. The fourth-order valence-electron chi connectivity index (χ4n) is 2.56. The number of carboxylic acid groups (broad SMARTS) is 1. The van der Waals surface area contributed by atoms with E-state index in [0.29, 0.717) is 0 Å². The van der Waals surface area contributed by atoms with Crippen LogP contribution in [0.1, 0.15) is 64.7 Å². The molecule has 0 unspecified atom stereocenters. The summed E-state index contributed by atoms with van der Waals surface area (Å²) in [6, 6.07) is 0. The molecular formula is C13H25ClO2. The van der Waals surface area contributed by atoms with E-state index in [1.54, 1.807) is 0 Å². The van der Waals surface area contributed by atoms with Crippen molar-refractivity contribution in [1.29, 1.82) is 0 Å². The smallest absolute Gasteiger partial charge is 0.306 e. The first kappa shape index (κ1) is 15.8. The van der Waals surface area contributed by atoms with Gasteiger partial charge >= 0.3 is 5.97 Å². The van der Waals surface area contributed by atoms with Gasteiger partial charge in [-0.25, -0.2) is 0 Å². The largest absolute Gasteiger partial charge is 0.481 e. The van der Waals surface area contributed by atoms with Gasteiger partial charge in [0.2, 0.25) is 0 Å². The van der Waals surface area contributed by atoms with Crippen molar-refractivity contribution >= 4 is 18.4 Å². The van der Waals surface area contributed by atoms with E-state index < -0.39 is 5.97 Å². The topological polar surface area (TPSA) is 37.3 Å². The van der Waals surface area contributed by atoms with E-state index in [0.717, 1.165) is 31.6 Å². The second-order valence-electron chi connectivity index (χ2n) is 4.91. The standard InChI is InChI=1S/C13H24O2.ClH/c1-2-3-4-5-6-11-7-9-12(10-8-11)13(14)15;/h11-12H,2-10H2,1H3,(H,14,15);1H/t11-,12+;. The summed E-state index contributed by atoms with van der Waals surface area (Å²) in [5, 5.41) is 8.87. The summed E-state index contributed by atoms with van der Waals surface area (Å²) in [7, 11) is 0. The first-order valence-electron chi connectivity index (χ1n) is 6.46. The molecule has 1 saturated carbocycles. The van der Waals surface area contributed by atoms with Crippen molar-refractivity contribution in [2.24, 2.45) is 11.8 Å². The van der Waals surface area contributed by atoms with Crippen molar-refractivity contribution in [2.75, 3.05) is 0 Å². The maximum absolute atomic E-state index is 10.8. The third kappa shape index (κ3) is 5.74. The molecule has 16 heavy (non-hydrogen) atoms. The summed E-state index contributed by atoms with van der Waals surface area (Å²) in [5.41, 5.74) is 0. The number of hydrogen-bond acceptors (Lipinski definition) is 1.